The maximum atomic E-state index is 11.6. The van der Waals surface area contributed by atoms with Crippen LogP contribution in [-0.2, 0) is 10.0 Å². The first-order valence-corrected chi connectivity index (χ1v) is 7.36. The highest BCUT2D eigenvalue weighted by Crippen LogP contribution is 2.37. The minimum atomic E-state index is -3.01. The smallest absolute Gasteiger partial charge is 0.211 e. The van der Waals surface area contributed by atoms with Crippen LogP contribution in [0.1, 0.15) is 26.2 Å². The Balaban J connectivity index is 2.21. The Morgan fingerprint density at radius 2 is 2.00 bits per heavy atom. The van der Waals surface area contributed by atoms with Crippen molar-refractivity contribution in [1.82, 2.24) is 9.21 Å². The number of fused-ring (bicyclic) bond motifs is 2. The molecule has 0 aromatic rings. The van der Waals surface area contributed by atoms with Gasteiger partial charge in [0.25, 0.3) is 0 Å². The second-order valence-corrected chi connectivity index (χ2v) is 7.12. The molecule has 2 fully saturated rings. The maximum absolute atomic E-state index is 11.6. The highest BCUT2D eigenvalue weighted by Gasteiger charge is 2.44. The van der Waals surface area contributed by atoms with Gasteiger partial charge in [-0.25, -0.2) is 8.42 Å². The van der Waals surface area contributed by atoms with Crippen molar-refractivity contribution in [3.8, 4) is 0 Å². The summed E-state index contributed by atoms with van der Waals surface area (Å²) in [6, 6.07) is 0.231. The lowest BCUT2D eigenvalue weighted by Crippen LogP contribution is -2.61. The largest absolute Gasteiger partial charge is 0.301 e. The summed E-state index contributed by atoms with van der Waals surface area (Å²) in [6.07, 6.45) is 4.23. The molecule has 0 aromatic heterocycles. The Morgan fingerprint density at radius 3 is 2.60 bits per heavy atom. The van der Waals surface area contributed by atoms with Crippen LogP contribution < -0.4 is 0 Å². The van der Waals surface area contributed by atoms with E-state index in [2.05, 4.69) is 18.9 Å². The fourth-order valence-corrected chi connectivity index (χ4v) is 4.03. The Bertz CT molecular complexity index is 354. The number of likely N-dealkylation sites (tertiary alicyclic amines) is 1. The number of hydrogen-bond acceptors (Lipinski definition) is 3. The summed E-state index contributed by atoms with van der Waals surface area (Å²) in [4.78, 5) is 2.38. The Labute approximate surface area is 92.3 Å². The molecule has 2 bridgehead atoms. The minimum Gasteiger partial charge on any atom is -0.301 e. The molecule has 88 valence electrons. The van der Waals surface area contributed by atoms with Gasteiger partial charge in [-0.05, 0) is 39.8 Å². The van der Waals surface area contributed by atoms with E-state index in [1.807, 2.05) is 0 Å². The van der Waals surface area contributed by atoms with E-state index in [0.29, 0.717) is 6.54 Å². The lowest BCUT2D eigenvalue weighted by molar-refractivity contribution is 0.00488. The molecule has 2 atom stereocenters. The summed E-state index contributed by atoms with van der Waals surface area (Å²) < 4.78 is 24.9. The number of sulfonamides is 1. The normalized spacial score (nSPS) is 39.3. The van der Waals surface area contributed by atoms with E-state index in [4.69, 9.17) is 0 Å². The molecule has 15 heavy (non-hydrogen) atoms. The van der Waals surface area contributed by atoms with Crippen LogP contribution in [0.5, 0.6) is 0 Å². The number of rotatable bonds is 1. The van der Waals surface area contributed by atoms with Gasteiger partial charge in [-0.1, -0.05) is 0 Å². The number of piperidine rings is 2. The molecule has 2 saturated heterocycles. The van der Waals surface area contributed by atoms with Gasteiger partial charge < -0.3 is 4.90 Å². The monoisotopic (exact) mass is 232 g/mol. The third-order valence-electron chi connectivity index (χ3n) is 4.10. The van der Waals surface area contributed by atoms with E-state index < -0.39 is 10.0 Å². The molecule has 0 spiro atoms. The summed E-state index contributed by atoms with van der Waals surface area (Å²) >= 11 is 0. The van der Waals surface area contributed by atoms with Gasteiger partial charge in [0.15, 0.2) is 0 Å². The predicted molar refractivity (Wildman–Crippen MR) is 60.2 cm³/mol. The van der Waals surface area contributed by atoms with Gasteiger partial charge in [0.2, 0.25) is 10.0 Å². The zero-order valence-corrected chi connectivity index (χ0v) is 10.5. The van der Waals surface area contributed by atoms with Crippen molar-refractivity contribution in [2.75, 3.05) is 26.4 Å². The van der Waals surface area contributed by atoms with Crippen LogP contribution in [0, 0.1) is 0 Å². The first-order chi connectivity index (χ1) is 6.83. The fourth-order valence-electron chi connectivity index (χ4n) is 2.89. The quantitative estimate of drug-likeness (QED) is 0.661. The molecule has 0 radical (unpaired) electrons. The van der Waals surface area contributed by atoms with Gasteiger partial charge in [-0.3, -0.25) is 0 Å². The molecule has 1 unspecified atom stereocenters. The van der Waals surface area contributed by atoms with Gasteiger partial charge in [-0.2, -0.15) is 4.31 Å². The summed E-state index contributed by atoms with van der Waals surface area (Å²) in [5.74, 6) is 0. The summed E-state index contributed by atoms with van der Waals surface area (Å²) in [6.45, 7) is 3.94. The Kier molecular flexibility index (Phi) is 2.60. The summed E-state index contributed by atoms with van der Waals surface area (Å²) in [5, 5.41) is 0. The summed E-state index contributed by atoms with van der Waals surface area (Å²) in [7, 11) is -0.861. The van der Waals surface area contributed by atoms with Crippen LogP contribution in [0.2, 0.25) is 0 Å². The van der Waals surface area contributed by atoms with Crippen LogP contribution in [0.25, 0.3) is 0 Å². The van der Waals surface area contributed by atoms with Crippen molar-refractivity contribution >= 4 is 10.0 Å². The van der Waals surface area contributed by atoms with Gasteiger partial charge in [0, 0.05) is 18.1 Å². The second-order valence-electron chi connectivity index (χ2n) is 5.19. The molecule has 4 nitrogen and oxygen atoms in total. The third-order valence-corrected chi connectivity index (χ3v) is 5.43. The first-order valence-electron chi connectivity index (χ1n) is 5.51. The van der Waals surface area contributed by atoms with Crippen molar-refractivity contribution in [1.29, 1.82) is 0 Å². The Hall–Kier alpha value is -0.130. The average molecular weight is 232 g/mol. The molecular formula is C10H20N2O2S. The molecule has 0 aliphatic carbocycles. The van der Waals surface area contributed by atoms with Crippen LogP contribution in [0.3, 0.4) is 0 Å². The van der Waals surface area contributed by atoms with Gasteiger partial charge >= 0.3 is 0 Å². The van der Waals surface area contributed by atoms with Crippen LogP contribution in [0.15, 0.2) is 0 Å². The minimum absolute atomic E-state index is 0.212. The SMILES string of the molecule is CN1CCC2C[C@]1(C)CCN2S(C)(=O)=O. The molecule has 5 heteroatoms. The van der Waals surface area contributed by atoms with E-state index in [1.165, 1.54) is 6.26 Å². The van der Waals surface area contributed by atoms with E-state index in [9.17, 15) is 8.42 Å². The molecule has 0 aromatic carbocycles. The van der Waals surface area contributed by atoms with Crippen LogP contribution in [-0.4, -0.2) is 55.6 Å². The predicted octanol–water partition coefficient (Wildman–Crippen LogP) is 0.505. The molecule has 2 heterocycles. The lowest BCUT2D eigenvalue weighted by atomic mass is 9.80. The number of hydrogen-bond donors (Lipinski definition) is 0. The standard InChI is InChI=1S/C10H20N2O2S/c1-10-5-7-12(15(3,13)14)9(8-10)4-6-11(10)2/h9H,4-8H2,1-3H3/t9?,10-/m0/s1. The van der Waals surface area contributed by atoms with Crippen molar-refractivity contribution < 1.29 is 8.42 Å². The van der Waals surface area contributed by atoms with Gasteiger partial charge in [0.05, 0.1) is 6.26 Å². The van der Waals surface area contributed by atoms with Gasteiger partial charge in [0.1, 0.15) is 0 Å². The van der Waals surface area contributed by atoms with Crippen LogP contribution in [0.4, 0.5) is 0 Å². The van der Waals surface area contributed by atoms with Crippen molar-refractivity contribution in [3.05, 3.63) is 0 Å². The molecule has 2 rings (SSSR count). The molecular weight excluding hydrogens is 212 g/mol. The van der Waals surface area contributed by atoms with E-state index in [0.717, 1.165) is 25.8 Å². The molecule has 0 amide bonds. The van der Waals surface area contributed by atoms with E-state index in [1.54, 1.807) is 4.31 Å². The van der Waals surface area contributed by atoms with E-state index in [-0.39, 0.29) is 11.6 Å². The highest BCUT2D eigenvalue weighted by molar-refractivity contribution is 7.88. The lowest BCUT2D eigenvalue weighted by Gasteiger charge is -2.52. The van der Waals surface area contributed by atoms with Crippen LogP contribution >= 0.6 is 0 Å². The number of nitrogens with zero attached hydrogens (tertiary/aromatic N) is 2. The second kappa shape index (κ2) is 3.43. The first kappa shape index (κ1) is 11.4. The molecule has 0 N–H and O–H groups in total. The zero-order valence-electron chi connectivity index (χ0n) is 9.73. The topological polar surface area (TPSA) is 40.6 Å². The van der Waals surface area contributed by atoms with Gasteiger partial charge in [-0.15, -0.1) is 0 Å². The molecule has 2 aliphatic rings. The molecule has 0 saturated carbocycles. The third kappa shape index (κ3) is 1.92. The Morgan fingerprint density at radius 1 is 1.33 bits per heavy atom. The maximum Gasteiger partial charge on any atom is 0.211 e. The fraction of sp³-hybridized carbons (Fsp3) is 1.00. The zero-order chi connectivity index (χ0) is 11.3. The van der Waals surface area contributed by atoms with Crippen molar-refractivity contribution in [2.24, 2.45) is 0 Å². The van der Waals surface area contributed by atoms with Crippen molar-refractivity contribution in [2.45, 2.75) is 37.8 Å². The molecule has 2 aliphatic heterocycles. The summed E-state index contributed by atoms with van der Waals surface area (Å²) in [5.41, 5.74) is 0.212. The van der Waals surface area contributed by atoms with E-state index >= 15 is 0 Å². The highest BCUT2D eigenvalue weighted by atomic mass is 32.2. The van der Waals surface area contributed by atoms with Crippen molar-refractivity contribution in [3.63, 3.8) is 0 Å². The average Bonchev–Trinajstić information content (AvgIpc) is 2.10.